The van der Waals surface area contributed by atoms with E-state index < -0.39 is 11.9 Å². The van der Waals surface area contributed by atoms with Gasteiger partial charge in [0.15, 0.2) is 0 Å². The van der Waals surface area contributed by atoms with Gasteiger partial charge in [-0.15, -0.1) is 0 Å². The molecular weight excluding hydrogens is 256 g/mol. The molecule has 0 heterocycles. The van der Waals surface area contributed by atoms with E-state index in [9.17, 15) is 9.59 Å². The topological polar surface area (TPSA) is 52.6 Å². The van der Waals surface area contributed by atoms with Crippen LogP contribution in [0.1, 0.15) is 23.1 Å². The average molecular weight is 276 g/mol. The van der Waals surface area contributed by atoms with E-state index in [4.69, 9.17) is 0 Å². The molecule has 20 heavy (non-hydrogen) atoms. The summed E-state index contributed by atoms with van der Waals surface area (Å²) in [6.45, 7) is 4.05. The molecule has 0 saturated carbocycles. The predicted molar refractivity (Wildman–Crippen MR) is 76.4 cm³/mol. The van der Waals surface area contributed by atoms with E-state index in [2.05, 4.69) is 15.5 Å². The van der Waals surface area contributed by atoms with E-state index >= 15 is 0 Å². The van der Waals surface area contributed by atoms with Gasteiger partial charge < -0.3 is 9.47 Å². The second kappa shape index (κ2) is 7.48. The lowest BCUT2D eigenvalue weighted by molar-refractivity contribution is -0.143. The lowest BCUT2D eigenvalue weighted by atomic mass is 10.0. The molecule has 0 bridgehead atoms. The van der Waals surface area contributed by atoms with Crippen molar-refractivity contribution in [3.8, 4) is 0 Å². The Labute approximate surface area is 119 Å². The monoisotopic (exact) mass is 276 g/mol. The van der Waals surface area contributed by atoms with Gasteiger partial charge in [0.2, 0.25) is 0 Å². The highest BCUT2D eigenvalue weighted by Crippen LogP contribution is 2.14. The summed E-state index contributed by atoms with van der Waals surface area (Å²) in [5, 5.41) is 0. The van der Waals surface area contributed by atoms with E-state index in [1.165, 1.54) is 19.8 Å². The molecule has 108 valence electrons. The maximum atomic E-state index is 11.6. The molecule has 0 spiro atoms. The van der Waals surface area contributed by atoms with E-state index in [0.717, 1.165) is 11.1 Å². The first-order valence-electron chi connectivity index (χ1n) is 6.38. The number of rotatable bonds is 5. The fourth-order valence-electron chi connectivity index (χ4n) is 1.89. The SMILES string of the molecule is COC(=O)C/C(=C\Cc1ccc(C)cc1C)C(=O)OC. The van der Waals surface area contributed by atoms with Crippen molar-refractivity contribution in [3.63, 3.8) is 0 Å². The lowest BCUT2D eigenvalue weighted by Crippen LogP contribution is -2.11. The van der Waals surface area contributed by atoms with Gasteiger partial charge in [-0.3, -0.25) is 4.79 Å². The number of benzene rings is 1. The molecule has 0 amide bonds. The zero-order valence-corrected chi connectivity index (χ0v) is 12.4. The first kappa shape index (κ1) is 16.0. The number of allylic oxidation sites excluding steroid dienone is 1. The van der Waals surface area contributed by atoms with E-state index in [0.29, 0.717) is 12.0 Å². The summed E-state index contributed by atoms with van der Waals surface area (Å²) in [5.41, 5.74) is 3.78. The van der Waals surface area contributed by atoms with Crippen molar-refractivity contribution in [2.24, 2.45) is 0 Å². The third-order valence-electron chi connectivity index (χ3n) is 3.08. The van der Waals surface area contributed by atoms with E-state index in [-0.39, 0.29) is 6.42 Å². The van der Waals surface area contributed by atoms with Gasteiger partial charge in [-0.2, -0.15) is 0 Å². The number of aryl methyl sites for hydroxylation is 2. The summed E-state index contributed by atoms with van der Waals surface area (Å²) < 4.78 is 9.26. The lowest BCUT2D eigenvalue weighted by Gasteiger charge is -2.07. The smallest absolute Gasteiger partial charge is 0.334 e. The average Bonchev–Trinajstić information content (AvgIpc) is 2.43. The van der Waals surface area contributed by atoms with Crippen LogP contribution in [0.5, 0.6) is 0 Å². The summed E-state index contributed by atoms with van der Waals surface area (Å²) in [6, 6.07) is 6.13. The Morgan fingerprint density at radius 3 is 2.40 bits per heavy atom. The van der Waals surface area contributed by atoms with Gasteiger partial charge in [0, 0.05) is 5.57 Å². The second-order valence-corrected chi connectivity index (χ2v) is 4.61. The Morgan fingerprint density at radius 1 is 1.15 bits per heavy atom. The Kier molecular flexibility index (Phi) is 5.97. The molecule has 4 heteroatoms. The third kappa shape index (κ3) is 4.53. The van der Waals surface area contributed by atoms with Crippen molar-refractivity contribution in [3.05, 3.63) is 46.5 Å². The van der Waals surface area contributed by atoms with E-state index in [1.807, 2.05) is 26.0 Å². The van der Waals surface area contributed by atoms with Gasteiger partial charge in [0.25, 0.3) is 0 Å². The van der Waals surface area contributed by atoms with Crippen molar-refractivity contribution in [1.82, 2.24) is 0 Å². The first-order valence-corrected chi connectivity index (χ1v) is 6.38. The van der Waals surface area contributed by atoms with Crippen molar-refractivity contribution in [1.29, 1.82) is 0 Å². The minimum Gasteiger partial charge on any atom is -0.469 e. The van der Waals surface area contributed by atoms with Crippen molar-refractivity contribution in [2.75, 3.05) is 14.2 Å². The highest BCUT2D eigenvalue weighted by Gasteiger charge is 2.14. The van der Waals surface area contributed by atoms with Crippen LogP contribution in [0.2, 0.25) is 0 Å². The molecule has 1 aromatic carbocycles. The number of carbonyl (C=O) groups excluding carboxylic acids is 2. The van der Waals surface area contributed by atoms with Crippen LogP contribution in [0.25, 0.3) is 0 Å². The number of methoxy groups -OCH3 is 2. The first-order chi connectivity index (χ1) is 9.47. The number of hydrogen-bond donors (Lipinski definition) is 0. The Morgan fingerprint density at radius 2 is 1.85 bits per heavy atom. The fraction of sp³-hybridized carbons (Fsp3) is 0.375. The van der Waals surface area contributed by atoms with Crippen LogP contribution < -0.4 is 0 Å². The van der Waals surface area contributed by atoms with Crippen LogP contribution in [0.3, 0.4) is 0 Å². The summed E-state index contributed by atoms with van der Waals surface area (Å²) in [4.78, 5) is 22.9. The number of ether oxygens (including phenoxy) is 2. The molecular formula is C16H20O4. The maximum absolute atomic E-state index is 11.6. The molecule has 0 radical (unpaired) electrons. The molecule has 0 unspecified atom stereocenters. The van der Waals surface area contributed by atoms with Crippen LogP contribution >= 0.6 is 0 Å². The molecule has 0 fully saturated rings. The van der Waals surface area contributed by atoms with Crippen LogP contribution in [0.15, 0.2) is 29.8 Å². The highest BCUT2D eigenvalue weighted by molar-refractivity contribution is 5.93. The zero-order chi connectivity index (χ0) is 15.1. The van der Waals surface area contributed by atoms with Gasteiger partial charge in [0.05, 0.1) is 20.6 Å². The van der Waals surface area contributed by atoms with Crippen LogP contribution in [-0.4, -0.2) is 26.2 Å². The normalized spacial score (nSPS) is 11.1. The molecule has 0 atom stereocenters. The molecule has 0 aliphatic heterocycles. The summed E-state index contributed by atoms with van der Waals surface area (Å²) >= 11 is 0. The quantitative estimate of drug-likeness (QED) is 0.612. The second-order valence-electron chi connectivity index (χ2n) is 4.61. The van der Waals surface area contributed by atoms with Crippen LogP contribution in [0.4, 0.5) is 0 Å². The molecule has 1 rings (SSSR count). The van der Waals surface area contributed by atoms with E-state index in [1.54, 1.807) is 6.08 Å². The molecule has 0 aromatic heterocycles. The Hall–Kier alpha value is -2.10. The summed E-state index contributed by atoms with van der Waals surface area (Å²) in [7, 11) is 2.59. The zero-order valence-electron chi connectivity index (χ0n) is 12.4. The number of carbonyl (C=O) groups is 2. The summed E-state index contributed by atoms with van der Waals surface area (Å²) in [5.74, 6) is -0.956. The van der Waals surface area contributed by atoms with Crippen molar-refractivity contribution >= 4 is 11.9 Å². The van der Waals surface area contributed by atoms with Crippen LogP contribution in [0, 0.1) is 13.8 Å². The van der Waals surface area contributed by atoms with Gasteiger partial charge in [-0.25, -0.2) is 4.79 Å². The van der Waals surface area contributed by atoms with Crippen molar-refractivity contribution in [2.45, 2.75) is 26.7 Å². The highest BCUT2D eigenvalue weighted by atomic mass is 16.5. The van der Waals surface area contributed by atoms with Gasteiger partial charge in [-0.1, -0.05) is 29.8 Å². The maximum Gasteiger partial charge on any atom is 0.334 e. The van der Waals surface area contributed by atoms with Gasteiger partial charge >= 0.3 is 11.9 Å². The summed E-state index contributed by atoms with van der Waals surface area (Å²) in [6.07, 6.45) is 2.22. The number of esters is 2. The minimum atomic E-state index is -0.500. The molecule has 1 aromatic rings. The fourth-order valence-corrected chi connectivity index (χ4v) is 1.89. The minimum absolute atomic E-state index is 0.0753. The predicted octanol–water partition coefficient (Wildman–Crippen LogP) is 2.51. The standard InChI is InChI=1S/C16H20O4/c1-11-5-6-13(12(2)9-11)7-8-14(16(18)20-4)10-15(17)19-3/h5-6,8-9H,7,10H2,1-4H3/b14-8+. The molecule has 0 aliphatic rings. The third-order valence-corrected chi connectivity index (χ3v) is 3.08. The molecule has 4 nitrogen and oxygen atoms in total. The number of hydrogen-bond acceptors (Lipinski definition) is 4. The molecule has 0 saturated heterocycles. The Balaban J connectivity index is 2.90. The van der Waals surface area contributed by atoms with Gasteiger partial charge in [-0.05, 0) is 31.4 Å². The van der Waals surface area contributed by atoms with Crippen molar-refractivity contribution < 1.29 is 19.1 Å². The van der Waals surface area contributed by atoms with Crippen LogP contribution in [-0.2, 0) is 25.5 Å². The molecule has 0 aliphatic carbocycles. The largest absolute Gasteiger partial charge is 0.469 e. The molecule has 0 N–H and O–H groups in total. The van der Waals surface area contributed by atoms with Gasteiger partial charge in [0.1, 0.15) is 0 Å². The Bertz CT molecular complexity index is 529.